The van der Waals surface area contributed by atoms with Crippen molar-refractivity contribution in [3.63, 3.8) is 0 Å². The van der Waals surface area contributed by atoms with E-state index < -0.39 is 17.1 Å². The van der Waals surface area contributed by atoms with Gasteiger partial charge in [-0.3, -0.25) is 9.36 Å². The lowest BCUT2D eigenvalue weighted by atomic mass is 10.3. The highest BCUT2D eigenvalue weighted by Crippen LogP contribution is 2.05. The average molecular weight is 223 g/mol. The topological polar surface area (TPSA) is 67.8 Å². The van der Waals surface area contributed by atoms with Crippen LogP contribution in [-0.2, 0) is 0 Å². The molecule has 1 N–H and O–H groups in total. The molecule has 0 unspecified atom stereocenters. The van der Waals surface area contributed by atoms with Gasteiger partial charge in [0.2, 0.25) is 0 Å². The number of hydrogen-bond acceptors (Lipinski definition) is 3. The van der Waals surface area contributed by atoms with E-state index in [1.54, 1.807) is 13.8 Å². The molecule has 84 valence electrons. The first kappa shape index (κ1) is 10.5. The maximum Gasteiger partial charge on any atom is 0.349 e. The van der Waals surface area contributed by atoms with Crippen molar-refractivity contribution in [2.45, 2.75) is 19.9 Å². The van der Waals surface area contributed by atoms with Gasteiger partial charge in [0.1, 0.15) is 0 Å². The standard InChI is InChI=1S/C10H10FN3O2/c1-5(2)14-4-6-7(15)3-8(11)12-9(6)13-10(14)16/h3-5H,1-2H3,(H,12,13,16). The number of aromatic nitrogens is 3. The van der Waals surface area contributed by atoms with Crippen LogP contribution in [0.25, 0.3) is 11.0 Å². The molecule has 2 rings (SSSR count). The molecule has 0 aliphatic heterocycles. The third-order valence-electron chi connectivity index (χ3n) is 2.27. The molecule has 5 nitrogen and oxygen atoms in total. The largest absolute Gasteiger partial charge is 0.349 e. The van der Waals surface area contributed by atoms with Crippen LogP contribution >= 0.6 is 0 Å². The highest BCUT2D eigenvalue weighted by molar-refractivity contribution is 5.72. The molecular weight excluding hydrogens is 213 g/mol. The van der Waals surface area contributed by atoms with Crippen molar-refractivity contribution in [3.8, 4) is 0 Å². The predicted octanol–water partition coefficient (Wildman–Crippen LogP) is 0.805. The monoisotopic (exact) mass is 223 g/mol. The molecule has 0 saturated carbocycles. The van der Waals surface area contributed by atoms with E-state index >= 15 is 0 Å². The van der Waals surface area contributed by atoms with E-state index in [-0.39, 0.29) is 17.1 Å². The Hall–Kier alpha value is -1.98. The summed E-state index contributed by atoms with van der Waals surface area (Å²) in [5.41, 5.74) is -1.02. The van der Waals surface area contributed by atoms with E-state index in [4.69, 9.17) is 0 Å². The minimum absolute atomic E-state index is 0.0214. The quantitative estimate of drug-likeness (QED) is 0.727. The van der Waals surface area contributed by atoms with Crippen molar-refractivity contribution in [2.24, 2.45) is 0 Å². The lowest BCUT2D eigenvalue weighted by Crippen LogP contribution is -2.25. The third-order valence-corrected chi connectivity index (χ3v) is 2.27. The zero-order valence-corrected chi connectivity index (χ0v) is 8.82. The second-order valence-electron chi connectivity index (χ2n) is 3.77. The Morgan fingerprint density at radius 1 is 1.44 bits per heavy atom. The summed E-state index contributed by atoms with van der Waals surface area (Å²) < 4.78 is 14.2. The van der Waals surface area contributed by atoms with Crippen LogP contribution in [0.4, 0.5) is 4.39 Å². The molecule has 0 bridgehead atoms. The number of pyridine rings is 1. The van der Waals surface area contributed by atoms with Crippen molar-refractivity contribution in [1.29, 1.82) is 0 Å². The lowest BCUT2D eigenvalue weighted by molar-refractivity contribution is 0.563. The van der Waals surface area contributed by atoms with Crippen LogP contribution in [0.1, 0.15) is 19.9 Å². The molecule has 0 aliphatic rings. The average Bonchev–Trinajstić information content (AvgIpc) is 2.15. The molecule has 0 radical (unpaired) electrons. The molecule has 0 aliphatic carbocycles. The van der Waals surface area contributed by atoms with Crippen LogP contribution in [0, 0.1) is 5.95 Å². The maximum atomic E-state index is 12.9. The number of aromatic amines is 1. The van der Waals surface area contributed by atoms with Gasteiger partial charge in [-0.05, 0) is 13.8 Å². The van der Waals surface area contributed by atoms with Crippen LogP contribution in [0.2, 0.25) is 0 Å². The van der Waals surface area contributed by atoms with Crippen molar-refractivity contribution >= 4 is 11.0 Å². The fourth-order valence-corrected chi connectivity index (χ4v) is 1.46. The van der Waals surface area contributed by atoms with Crippen LogP contribution in [0.3, 0.4) is 0 Å². The lowest BCUT2D eigenvalue weighted by Gasteiger charge is -2.08. The highest BCUT2D eigenvalue weighted by Gasteiger charge is 2.08. The summed E-state index contributed by atoms with van der Waals surface area (Å²) in [4.78, 5) is 28.9. The minimum atomic E-state index is -0.799. The summed E-state index contributed by atoms with van der Waals surface area (Å²) in [5, 5.41) is 0.203. The molecule has 0 aromatic carbocycles. The number of fused-ring (bicyclic) bond motifs is 1. The third kappa shape index (κ3) is 1.62. The molecular formula is C10H10FN3O2. The Labute approximate surface area is 89.6 Å². The Kier molecular flexibility index (Phi) is 2.34. The molecule has 0 fully saturated rings. The van der Waals surface area contributed by atoms with Gasteiger partial charge in [0, 0.05) is 18.3 Å². The highest BCUT2D eigenvalue weighted by atomic mass is 19.1. The van der Waals surface area contributed by atoms with E-state index in [2.05, 4.69) is 9.97 Å². The first-order valence-corrected chi connectivity index (χ1v) is 4.81. The van der Waals surface area contributed by atoms with Crippen LogP contribution in [0.5, 0.6) is 0 Å². The van der Waals surface area contributed by atoms with Gasteiger partial charge in [0.05, 0.1) is 5.39 Å². The van der Waals surface area contributed by atoms with Gasteiger partial charge in [-0.15, -0.1) is 0 Å². The van der Waals surface area contributed by atoms with E-state index in [0.717, 1.165) is 6.07 Å². The van der Waals surface area contributed by atoms with E-state index in [9.17, 15) is 14.0 Å². The smallest absolute Gasteiger partial charge is 0.316 e. The zero-order valence-electron chi connectivity index (χ0n) is 8.82. The Morgan fingerprint density at radius 3 is 2.75 bits per heavy atom. The number of hydrogen-bond donors (Lipinski definition) is 1. The first-order chi connectivity index (χ1) is 7.49. The Balaban J connectivity index is 2.90. The van der Waals surface area contributed by atoms with Crippen molar-refractivity contribution < 1.29 is 4.39 Å². The number of nitrogens with one attached hydrogen (secondary N) is 1. The van der Waals surface area contributed by atoms with Crippen LogP contribution < -0.4 is 11.1 Å². The van der Waals surface area contributed by atoms with Gasteiger partial charge < -0.3 is 4.98 Å². The van der Waals surface area contributed by atoms with Crippen LogP contribution in [0.15, 0.2) is 21.9 Å². The van der Waals surface area contributed by atoms with Crippen molar-refractivity contribution in [3.05, 3.63) is 38.9 Å². The second kappa shape index (κ2) is 3.55. The zero-order chi connectivity index (χ0) is 11.9. The van der Waals surface area contributed by atoms with E-state index in [1.165, 1.54) is 10.8 Å². The molecule has 16 heavy (non-hydrogen) atoms. The molecule has 0 atom stereocenters. The van der Waals surface area contributed by atoms with E-state index in [1.807, 2.05) is 0 Å². The Bertz CT molecular complexity index is 657. The van der Waals surface area contributed by atoms with Gasteiger partial charge in [-0.2, -0.15) is 9.37 Å². The Morgan fingerprint density at radius 2 is 2.12 bits per heavy atom. The van der Waals surface area contributed by atoms with Gasteiger partial charge >= 0.3 is 5.69 Å². The van der Waals surface area contributed by atoms with Crippen molar-refractivity contribution in [2.75, 3.05) is 0 Å². The normalized spacial score (nSPS) is 11.2. The summed E-state index contributed by atoms with van der Waals surface area (Å²) in [6.45, 7) is 3.60. The molecule has 0 saturated heterocycles. The van der Waals surface area contributed by atoms with Gasteiger partial charge in [0.25, 0.3) is 0 Å². The molecule has 0 amide bonds. The number of halogens is 1. The number of H-pyrrole nitrogens is 1. The summed E-state index contributed by atoms with van der Waals surface area (Å²) in [6.07, 6.45) is 1.40. The maximum absolute atomic E-state index is 12.9. The number of nitrogens with zero attached hydrogens (tertiary/aromatic N) is 2. The summed E-state index contributed by atoms with van der Waals surface area (Å²) in [7, 11) is 0. The minimum Gasteiger partial charge on any atom is -0.316 e. The number of rotatable bonds is 1. The fraction of sp³-hybridized carbons (Fsp3) is 0.300. The molecule has 0 spiro atoms. The van der Waals surface area contributed by atoms with Gasteiger partial charge in [0.15, 0.2) is 17.0 Å². The van der Waals surface area contributed by atoms with Crippen LogP contribution in [-0.4, -0.2) is 14.5 Å². The second-order valence-corrected chi connectivity index (χ2v) is 3.77. The molecule has 2 heterocycles. The fourth-order valence-electron chi connectivity index (χ4n) is 1.46. The van der Waals surface area contributed by atoms with E-state index in [0.29, 0.717) is 0 Å². The summed E-state index contributed by atoms with van der Waals surface area (Å²) in [6, 6.07) is 0.730. The molecule has 2 aromatic rings. The van der Waals surface area contributed by atoms with Gasteiger partial charge in [-0.25, -0.2) is 4.79 Å². The molecule has 2 aromatic heterocycles. The summed E-state index contributed by atoms with van der Waals surface area (Å²) >= 11 is 0. The first-order valence-electron chi connectivity index (χ1n) is 4.81. The predicted molar refractivity (Wildman–Crippen MR) is 57.0 cm³/mol. The molecule has 6 heteroatoms. The SMILES string of the molecule is CC(C)n1cc2c(=O)cc(F)[nH]c2nc1=O. The summed E-state index contributed by atoms with van der Waals surface area (Å²) in [5.74, 6) is -0.799. The van der Waals surface area contributed by atoms with Crippen molar-refractivity contribution in [1.82, 2.24) is 14.5 Å². The van der Waals surface area contributed by atoms with Gasteiger partial charge in [-0.1, -0.05) is 0 Å².